The molecule has 0 heterocycles. The summed E-state index contributed by atoms with van der Waals surface area (Å²) < 4.78 is 0. The van der Waals surface area contributed by atoms with Crippen molar-refractivity contribution in [3.63, 3.8) is 0 Å². The molecule has 4 fully saturated rings. The molecule has 0 saturated heterocycles. The Morgan fingerprint density at radius 2 is 2.00 bits per heavy atom. The Morgan fingerprint density at radius 3 is 2.81 bits per heavy atom. The van der Waals surface area contributed by atoms with Crippen LogP contribution in [0.2, 0.25) is 0 Å². The molecule has 0 bridgehead atoms. The Morgan fingerprint density at radius 1 is 1.15 bits per heavy atom. The van der Waals surface area contributed by atoms with E-state index in [1.165, 1.54) is 57.8 Å². The van der Waals surface area contributed by atoms with Gasteiger partial charge in [0.15, 0.2) is 0 Å². The van der Waals surface area contributed by atoms with E-state index in [2.05, 4.69) is 31.8 Å². The van der Waals surface area contributed by atoms with E-state index in [-0.39, 0.29) is 0 Å². The molecule has 4 unspecified atom stereocenters. The Bertz CT molecular complexity index is 573. The fourth-order valence-electron chi connectivity index (χ4n) is 7.57. The molecule has 0 aromatic carbocycles. The molecule has 146 valence electrons. The van der Waals surface area contributed by atoms with Gasteiger partial charge in [0.25, 0.3) is 0 Å². The molecule has 26 heavy (non-hydrogen) atoms. The van der Waals surface area contributed by atoms with Gasteiger partial charge in [0.05, 0.1) is 0 Å². The number of fused-ring (bicyclic) bond motifs is 5. The highest BCUT2D eigenvalue weighted by molar-refractivity contribution is 5.60. The normalized spacial score (nSPS) is 48.1. The van der Waals surface area contributed by atoms with Crippen LogP contribution in [0.4, 0.5) is 0 Å². The second-order valence-corrected chi connectivity index (χ2v) is 10.2. The van der Waals surface area contributed by atoms with Crippen LogP contribution >= 0.6 is 0 Å². The lowest BCUT2D eigenvalue weighted by atomic mass is 9.44. The number of hydrogen-bond acceptors (Lipinski definition) is 3. The summed E-state index contributed by atoms with van der Waals surface area (Å²) in [6.07, 6.45) is 14.4. The highest BCUT2D eigenvalue weighted by Crippen LogP contribution is 2.67. The lowest BCUT2D eigenvalue weighted by Crippen LogP contribution is -2.52. The first-order valence-electron chi connectivity index (χ1n) is 11.0. The summed E-state index contributed by atoms with van der Waals surface area (Å²) in [7, 11) is 0. The largest absolute Gasteiger partial charge is 0.395 e. The van der Waals surface area contributed by atoms with Crippen molar-refractivity contribution in [3.05, 3.63) is 12.2 Å². The fraction of sp³-hybridized carbons (Fsp3) is 0.870. The molecule has 4 aliphatic carbocycles. The van der Waals surface area contributed by atoms with Crippen molar-refractivity contribution in [1.29, 1.82) is 0 Å². The maximum atomic E-state index is 5.47. The van der Waals surface area contributed by atoms with Crippen LogP contribution in [0.5, 0.6) is 0 Å². The molecule has 0 amide bonds. The topological polar surface area (TPSA) is 47.6 Å². The number of nitrogens with two attached hydrogens (primary N) is 1. The van der Waals surface area contributed by atoms with Crippen molar-refractivity contribution >= 4 is 6.21 Å². The van der Waals surface area contributed by atoms with E-state index < -0.39 is 0 Å². The van der Waals surface area contributed by atoms with E-state index in [1.54, 1.807) is 5.57 Å². The maximum Gasteiger partial charge on any atom is 0.129 e. The van der Waals surface area contributed by atoms with Crippen molar-refractivity contribution in [2.24, 2.45) is 51.3 Å². The monoisotopic (exact) mass is 358 g/mol. The minimum Gasteiger partial charge on any atom is -0.395 e. The fourth-order valence-corrected chi connectivity index (χ4v) is 7.57. The number of nitrogens with zero attached hydrogens (tertiary/aromatic N) is 1. The number of allylic oxidation sites excluding steroid dienone is 1. The molecule has 3 nitrogen and oxygen atoms in total. The van der Waals surface area contributed by atoms with Crippen LogP contribution in [-0.4, -0.2) is 19.4 Å². The lowest BCUT2D eigenvalue weighted by Gasteiger charge is -2.60. The van der Waals surface area contributed by atoms with Crippen molar-refractivity contribution in [2.45, 2.75) is 71.6 Å². The second kappa shape index (κ2) is 6.96. The molecule has 2 N–H and O–H groups in total. The summed E-state index contributed by atoms with van der Waals surface area (Å²) in [6, 6.07) is 0. The van der Waals surface area contributed by atoms with Crippen molar-refractivity contribution in [3.8, 4) is 0 Å². The van der Waals surface area contributed by atoms with E-state index in [0.29, 0.717) is 29.9 Å². The van der Waals surface area contributed by atoms with Crippen LogP contribution in [0.15, 0.2) is 17.3 Å². The summed E-state index contributed by atoms with van der Waals surface area (Å²) >= 11 is 0. The molecular weight excluding hydrogens is 320 g/mol. The van der Waals surface area contributed by atoms with Gasteiger partial charge in [-0.1, -0.05) is 31.2 Å². The Labute approximate surface area is 159 Å². The highest BCUT2D eigenvalue weighted by Gasteiger charge is 2.58. The Hall–Kier alpha value is -0.830. The van der Waals surface area contributed by atoms with Crippen LogP contribution in [0.25, 0.3) is 0 Å². The van der Waals surface area contributed by atoms with Crippen LogP contribution in [0.1, 0.15) is 71.6 Å². The lowest BCUT2D eigenvalue weighted by molar-refractivity contribution is -0.101. The zero-order valence-corrected chi connectivity index (χ0v) is 16.9. The van der Waals surface area contributed by atoms with E-state index >= 15 is 0 Å². The first-order valence-corrected chi connectivity index (χ1v) is 11.0. The summed E-state index contributed by atoms with van der Waals surface area (Å²) in [5, 5.41) is 4.17. The van der Waals surface area contributed by atoms with Crippen LogP contribution < -0.4 is 5.73 Å². The summed E-state index contributed by atoms with van der Waals surface area (Å²) in [5.74, 6) is 4.28. The van der Waals surface area contributed by atoms with Gasteiger partial charge in [0, 0.05) is 12.8 Å². The Balaban J connectivity index is 1.46. The smallest absolute Gasteiger partial charge is 0.129 e. The Kier molecular flexibility index (Phi) is 4.96. The third kappa shape index (κ3) is 2.85. The van der Waals surface area contributed by atoms with E-state index in [4.69, 9.17) is 10.6 Å². The molecule has 4 aliphatic rings. The molecule has 0 aromatic heterocycles. The van der Waals surface area contributed by atoms with Gasteiger partial charge in [-0.05, 0) is 98.2 Å². The van der Waals surface area contributed by atoms with E-state index in [0.717, 1.165) is 23.7 Å². The van der Waals surface area contributed by atoms with Gasteiger partial charge >= 0.3 is 0 Å². The van der Waals surface area contributed by atoms with Crippen LogP contribution in [-0.2, 0) is 4.84 Å². The molecule has 7 atom stereocenters. The molecule has 4 rings (SSSR count). The van der Waals surface area contributed by atoms with E-state index in [9.17, 15) is 0 Å². The quantitative estimate of drug-likeness (QED) is 0.326. The van der Waals surface area contributed by atoms with Gasteiger partial charge < -0.3 is 10.6 Å². The zero-order valence-electron chi connectivity index (χ0n) is 16.9. The summed E-state index contributed by atoms with van der Waals surface area (Å²) in [4.78, 5) is 5.24. The van der Waals surface area contributed by atoms with Crippen molar-refractivity contribution < 1.29 is 4.84 Å². The van der Waals surface area contributed by atoms with Gasteiger partial charge in [-0.15, -0.1) is 0 Å². The average molecular weight is 359 g/mol. The first-order chi connectivity index (χ1) is 12.5. The van der Waals surface area contributed by atoms with Gasteiger partial charge in [-0.25, -0.2) is 0 Å². The molecular formula is C23H38N2O. The predicted octanol–water partition coefficient (Wildman–Crippen LogP) is 5.16. The van der Waals surface area contributed by atoms with Gasteiger partial charge in [0.1, 0.15) is 6.61 Å². The van der Waals surface area contributed by atoms with Crippen molar-refractivity contribution in [1.82, 2.24) is 0 Å². The van der Waals surface area contributed by atoms with Gasteiger partial charge in [0.2, 0.25) is 0 Å². The third-order valence-corrected chi connectivity index (χ3v) is 9.22. The first kappa shape index (κ1) is 18.5. The van der Waals surface area contributed by atoms with Crippen LogP contribution in [0.3, 0.4) is 0 Å². The van der Waals surface area contributed by atoms with E-state index in [1.807, 2.05) is 0 Å². The maximum absolute atomic E-state index is 5.47. The predicted molar refractivity (Wildman–Crippen MR) is 108 cm³/mol. The summed E-state index contributed by atoms with van der Waals surface area (Å²) in [6.45, 7) is 10.7. The number of oxime groups is 1. The van der Waals surface area contributed by atoms with Gasteiger partial charge in [-0.3, -0.25) is 0 Å². The molecule has 3 heteroatoms. The van der Waals surface area contributed by atoms with Crippen LogP contribution in [0, 0.1) is 40.4 Å². The SMILES string of the molecule is C=C1CCC2C3CCC4C[C@@H](C=NOCCN)CC[C@]4(C)C3CC[C@]12C. The summed E-state index contributed by atoms with van der Waals surface area (Å²) in [5.41, 5.74) is 8.03. The highest BCUT2D eigenvalue weighted by atomic mass is 16.6. The molecule has 0 spiro atoms. The molecule has 0 aliphatic heterocycles. The number of hydrogen-bond donors (Lipinski definition) is 1. The zero-order chi connectivity index (χ0) is 18.4. The average Bonchev–Trinajstić information content (AvgIpc) is 2.94. The van der Waals surface area contributed by atoms with Gasteiger partial charge in [-0.2, -0.15) is 0 Å². The standard InChI is InChI=1S/C23H38N2O/c1-16-4-7-20-19-6-5-18-14-17(15-25-26-13-12-24)8-10-23(18,3)21(19)9-11-22(16,20)2/h15,17-21H,1,4-14,24H2,2-3H3/t17-,18?,19?,20?,21?,22+,23-/m0/s1. The second-order valence-electron chi connectivity index (χ2n) is 10.2. The molecule has 0 aromatic rings. The molecule has 0 radical (unpaired) electrons. The number of rotatable bonds is 4. The third-order valence-electron chi connectivity index (χ3n) is 9.22. The minimum absolute atomic E-state index is 0.453. The minimum atomic E-state index is 0.453. The molecule has 4 saturated carbocycles. The van der Waals surface area contributed by atoms with Crippen molar-refractivity contribution in [2.75, 3.05) is 13.2 Å².